The van der Waals surface area contributed by atoms with E-state index in [9.17, 15) is 66.4 Å². The summed E-state index contributed by atoms with van der Waals surface area (Å²) in [5.74, 6) is 0.276. The molecule has 3 aliphatic heterocycles. The molecule has 0 aromatic rings. The van der Waals surface area contributed by atoms with Gasteiger partial charge in [-0.2, -0.15) is 0 Å². The second-order valence-electron chi connectivity index (χ2n) is 22.7. The predicted octanol–water partition coefficient (Wildman–Crippen LogP) is -1.45. The van der Waals surface area contributed by atoms with Crippen molar-refractivity contribution < 1.29 is 94.8 Å². The zero-order valence-electron chi connectivity index (χ0n) is 39.6. The molecule has 25 atom stereocenters. The Hall–Kier alpha value is -1.02. The molecule has 4 aliphatic carbocycles. The normalized spacial score (nSPS) is 50.3. The summed E-state index contributed by atoms with van der Waals surface area (Å²) < 4.78 is 35.6. The van der Waals surface area contributed by atoms with Gasteiger partial charge in [-0.25, -0.2) is 0 Å². The monoisotopic (exact) mass is 949 g/mol. The van der Waals surface area contributed by atoms with Gasteiger partial charge in [-0.3, -0.25) is 0 Å². The molecule has 7 aliphatic rings. The van der Waals surface area contributed by atoms with Crippen LogP contribution in [0.15, 0.2) is 11.6 Å². The molecule has 3 heterocycles. The van der Waals surface area contributed by atoms with Crippen LogP contribution in [-0.2, 0) is 28.4 Å². The number of aliphatic hydroxyl groups excluding tert-OH is 12. The summed E-state index contributed by atoms with van der Waals surface area (Å²) in [6.07, 6.45) is -18.5. The minimum absolute atomic E-state index is 0.0778. The standard InChI is InChI=1S/C47H80O19/c1-20(29(50)35(56)39(59)44(4,5)60)21-13-14-47(8)27-11-9-22-23(45(27,6)15-16-46(21,47)7)10-12-28(43(22,2)3)65-42-38(34(55)31(52)25(18-49)64-42)62-26-19-61-40(36(57)32(26)53)66-41-37(58)33(54)30(51)24(17-48)63-41/h9,20-21,23-42,48-60H,10-19H2,1-8H3. The van der Waals surface area contributed by atoms with Gasteiger partial charge >= 0.3 is 0 Å². The molecular formula is C47H80O19. The highest BCUT2D eigenvalue weighted by atomic mass is 16.8. The first-order valence-electron chi connectivity index (χ1n) is 24.0. The summed E-state index contributed by atoms with van der Waals surface area (Å²) in [5, 5.41) is 139. The average Bonchev–Trinajstić information content (AvgIpc) is 3.55. The highest BCUT2D eigenvalue weighted by molar-refractivity contribution is 5.30. The Morgan fingerprint density at radius 2 is 1.29 bits per heavy atom. The van der Waals surface area contributed by atoms with Crippen molar-refractivity contribution in [1.29, 1.82) is 0 Å². The van der Waals surface area contributed by atoms with Crippen LogP contribution in [0, 0.1) is 45.3 Å². The van der Waals surface area contributed by atoms with E-state index in [4.69, 9.17) is 28.4 Å². The molecule has 0 aromatic heterocycles. The van der Waals surface area contributed by atoms with Crippen molar-refractivity contribution in [1.82, 2.24) is 0 Å². The van der Waals surface area contributed by atoms with Crippen LogP contribution >= 0.6 is 0 Å². The summed E-state index contributed by atoms with van der Waals surface area (Å²) in [6, 6.07) is 0. The van der Waals surface area contributed by atoms with Crippen molar-refractivity contribution >= 4 is 0 Å². The number of aliphatic hydroxyl groups is 13. The van der Waals surface area contributed by atoms with Gasteiger partial charge in [-0.05, 0) is 98.7 Å². The molecule has 3 saturated heterocycles. The minimum atomic E-state index is -1.83. The summed E-state index contributed by atoms with van der Waals surface area (Å²) in [6.45, 7) is 14.4. The molecule has 3 saturated carbocycles. The molecule has 0 amide bonds. The first-order chi connectivity index (χ1) is 30.7. The maximum Gasteiger partial charge on any atom is 0.189 e. The lowest BCUT2D eigenvalue weighted by molar-refractivity contribution is -0.377. The number of ether oxygens (including phenoxy) is 6. The quantitative estimate of drug-likeness (QED) is 0.0940. The SMILES string of the molecule is CC(C(O)C(O)C(O)C(C)(C)O)C1CCC2(C)C3CC=C4C(CCC(OC5OC(CO)C(O)C(O)C5OC5COC(OC6OC(CO)C(O)C(O)C6O)C(O)C5O)C4(C)C)C3(C)CCC12C. The zero-order valence-corrected chi connectivity index (χ0v) is 39.6. The Kier molecular flexibility index (Phi) is 15.4. The zero-order chi connectivity index (χ0) is 48.8. The molecule has 7 rings (SSSR count). The average molecular weight is 949 g/mol. The van der Waals surface area contributed by atoms with Gasteiger partial charge in [0.1, 0.15) is 79.4 Å². The Bertz CT molecular complexity index is 1690. The third-order valence-electron chi connectivity index (χ3n) is 18.4. The number of allylic oxidation sites excluding steroid dienone is 1. The molecule has 382 valence electrons. The fourth-order valence-electron chi connectivity index (χ4n) is 13.9. The van der Waals surface area contributed by atoms with Gasteiger partial charge in [0.05, 0.1) is 37.6 Å². The fourth-order valence-corrected chi connectivity index (χ4v) is 13.9. The summed E-state index contributed by atoms with van der Waals surface area (Å²) in [7, 11) is 0. The van der Waals surface area contributed by atoms with Crippen molar-refractivity contribution in [2.24, 2.45) is 45.3 Å². The Balaban J connectivity index is 1.05. The van der Waals surface area contributed by atoms with Crippen molar-refractivity contribution in [3.05, 3.63) is 11.6 Å². The lowest BCUT2D eigenvalue weighted by Gasteiger charge is -2.66. The number of hydrogen-bond donors (Lipinski definition) is 13. The van der Waals surface area contributed by atoms with Gasteiger partial charge in [0.25, 0.3) is 0 Å². The van der Waals surface area contributed by atoms with E-state index in [1.807, 2.05) is 6.92 Å². The van der Waals surface area contributed by atoms with Gasteiger partial charge in [0.2, 0.25) is 0 Å². The smallest absolute Gasteiger partial charge is 0.189 e. The van der Waals surface area contributed by atoms with Crippen LogP contribution in [0.2, 0.25) is 0 Å². The van der Waals surface area contributed by atoms with Gasteiger partial charge in [-0.1, -0.05) is 53.2 Å². The van der Waals surface area contributed by atoms with E-state index in [0.29, 0.717) is 12.3 Å². The second-order valence-corrected chi connectivity index (χ2v) is 22.7. The van der Waals surface area contributed by atoms with Crippen LogP contribution in [0.1, 0.15) is 100 Å². The third-order valence-corrected chi connectivity index (χ3v) is 18.4. The third kappa shape index (κ3) is 8.78. The first kappa shape index (κ1) is 52.8. The van der Waals surface area contributed by atoms with E-state index in [2.05, 4.69) is 40.7 Å². The van der Waals surface area contributed by atoms with E-state index in [1.165, 1.54) is 19.4 Å². The van der Waals surface area contributed by atoms with Crippen LogP contribution in [0.5, 0.6) is 0 Å². The van der Waals surface area contributed by atoms with Gasteiger partial charge in [0, 0.05) is 5.41 Å². The van der Waals surface area contributed by atoms with E-state index >= 15 is 0 Å². The molecule has 6 fully saturated rings. The highest BCUT2D eigenvalue weighted by Gasteiger charge is 2.68. The molecule has 13 N–H and O–H groups in total. The Labute approximate surface area is 387 Å². The molecular weight excluding hydrogens is 868 g/mol. The second kappa shape index (κ2) is 19.2. The van der Waals surface area contributed by atoms with Crippen molar-refractivity contribution in [3.63, 3.8) is 0 Å². The highest BCUT2D eigenvalue weighted by Crippen LogP contribution is 2.75. The number of hydrogen-bond acceptors (Lipinski definition) is 19. The predicted molar refractivity (Wildman–Crippen MR) is 230 cm³/mol. The molecule has 25 unspecified atom stereocenters. The van der Waals surface area contributed by atoms with Crippen molar-refractivity contribution in [2.75, 3.05) is 19.8 Å². The van der Waals surface area contributed by atoms with E-state index in [0.717, 1.165) is 38.5 Å². The van der Waals surface area contributed by atoms with Crippen LogP contribution in [0.25, 0.3) is 0 Å². The summed E-state index contributed by atoms with van der Waals surface area (Å²) >= 11 is 0. The number of rotatable bonds is 13. The topological polar surface area (TPSA) is 318 Å². The lowest BCUT2D eigenvalue weighted by atomic mass is 9.39. The summed E-state index contributed by atoms with van der Waals surface area (Å²) in [5.41, 5.74) is -1.22. The molecule has 0 radical (unpaired) electrons. The largest absolute Gasteiger partial charge is 0.394 e. The molecule has 19 nitrogen and oxygen atoms in total. The van der Waals surface area contributed by atoms with Crippen molar-refractivity contribution in [3.8, 4) is 0 Å². The Morgan fingerprint density at radius 3 is 1.91 bits per heavy atom. The van der Waals surface area contributed by atoms with E-state index in [-0.39, 0.29) is 34.0 Å². The van der Waals surface area contributed by atoms with Gasteiger partial charge in [-0.15, -0.1) is 0 Å². The maximum absolute atomic E-state index is 11.5. The van der Waals surface area contributed by atoms with Gasteiger partial charge in [0.15, 0.2) is 18.9 Å². The van der Waals surface area contributed by atoms with Gasteiger partial charge < -0.3 is 94.8 Å². The molecule has 0 aromatic carbocycles. The Morgan fingerprint density at radius 1 is 0.682 bits per heavy atom. The minimum Gasteiger partial charge on any atom is -0.394 e. The molecule has 66 heavy (non-hydrogen) atoms. The van der Waals surface area contributed by atoms with Crippen LogP contribution < -0.4 is 0 Å². The fraction of sp³-hybridized carbons (Fsp3) is 0.957. The van der Waals surface area contributed by atoms with Crippen LogP contribution in [0.3, 0.4) is 0 Å². The van der Waals surface area contributed by atoms with E-state index in [1.54, 1.807) is 0 Å². The van der Waals surface area contributed by atoms with Crippen LogP contribution in [0.4, 0.5) is 0 Å². The van der Waals surface area contributed by atoms with Crippen LogP contribution in [-0.4, -0.2) is 202 Å². The first-order valence-corrected chi connectivity index (χ1v) is 24.0. The maximum atomic E-state index is 11.5. The molecule has 0 spiro atoms. The summed E-state index contributed by atoms with van der Waals surface area (Å²) in [4.78, 5) is 0. The lowest BCUT2D eigenvalue weighted by Crippen LogP contribution is -2.65. The number of fused-ring (bicyclic) bond motifs is 5. The molecule has 0 bridgehead atoms. The molecule has 19 heteroatoms. The van der Waals surface area contributed by atoms with E-state index < -0.39 is 141 Å². The van der Waals surface area contributed by atoms with Crippen molar-refractivity contribution in [2.45, 2.75) is 216 Å².